The van der Waals surface area contributed by atoms with Crippen molar-refractivity contribution in [3.05, 3.63) is 34.4 Å². The minimum Gasteiger partial charge on any atom is -0.477 e. The first kappa shape index (κ1) is 15.8. The van der Waals surface area contributed by atoms with E-state index in [1.807, 2.05) is 4.90 Å². The normalized spacial score (nSPS) is 23.9. The Labute approximate surface area is 135 Å². The standard InChI is InChI=1S/C17H22N2O4/c20-17(12-23-16-10-4-3-9-15(16)19(21)22)18-11-5-7-13-6-1-2-8-14(13)18/h3-4,9-10,13-14H,1-2,5-8,11-12H2. The number of fused-ring (bicyclic) bond motifs is 1. The highest BCUT2D eigenvalue weighted by atomic mass is 16.6. The van der Waals surface area contributed by atoms with Crippen molar-refractivity contribution in [2.45, 2.75) is 44.6 Å². The summed E-state index contributed by atoms with van der Waals surface area (Å²) in [4.78, 5) is 25.0. The number of carbonyl (C=O) groups is 1. The fourth-order valence-electron chi connectivity index (χ4n) is 3.89. The fraction of sp³-hybridized carbons (Fsp3) is 0.588. The second-order valence-corrected chi connectivity index (χ2v) is 6.35. The molecule has 1 aromatic carbocycles. The lowest BCUT2D eigenvalue weighted by atomic mass is 9.78. The fourth-order valence-corrected chi connectivity index (χ4v) is 3.89. The molecule has 2 atom stereocenters. The van der Waals surface area contributed by atoms with Gasteiger partial charge in [0, 0.05) is 18.7 Å². The van der Waals surface area contributed by atoms with Crippen LogP contribution in [0.15, 0.2) is 24.3 Å². The van der Waals surface area contributed by atoms with Gasteiger partial charge in [-0.1, -0.05) is 25.0 Å². The molecule has 1 saturated carbocycles. The van der Waals surface area contributed by atoms with Crippen molar-refractivity contribution in [3.63, 3.8) is 0 Å². The van der Waals surface area contributed by atoms with Crippen LogP contribution in [0.25, 0.3) is 0 Å². The van der Waals surface area contributed by atoms with E-state index in [-0.39, 0.29) is 24.0 Å². The Morgan fingerprint density at radius 3 is 2.78 bits per heavy atom. The summed E-state index contributed by atoms with van der Waals surface area (Å²) in [6.07, 6.45) is 6.96. The number of likely N-dealkylation sites (tertiary alicyclic amines) is 1. The van der Waals surface area contributed by atoms with Crippen molar-refractivity contribution in [2.75, 3.05) is 13.2 Å². The van der Waals surface area contributed by atoms with Crippen molar-refractivity contribution >= 4 is 11.6 Å². The Morgan fingerprint density at radius 2 is 1.96 bits per heavy atom. The lowest BCUT2D eigenvalue weighted by Gasteiger charge is -2.44. The number of amides is 1. The molecule has 2 unspecified atom stereocenters. The molecule has 23 heavy (non-hydrogen) atoms. The number of nitro groups is 1. The van der Waals surface area contributed by atoms with Crippen molar-refractivity contribution in [1.29, 1.82) is 0 Å². The maximum Gasteiger partial charge on any atom is 0.310 e. The van der Waals surface area contributed by atoms with E-state index in [1.54, 1.807) is 12.1 Å². The number of ether oxygens (including phenoxy) is 1. The van der Waals surface area contributed by atoms with Crippen molar-refractivity contribution < 1.29 is 14.5 Å². The minimum atomic E-state index is -0.488. The average Bonchev–Trinajstić information content (AvgIpc) is 2.59. The average molecular weight is 318 g/mol. The van der Waals surface area contributed by atoms with Crippen molar-refractivity contribution in [1.82, 2.24) is 4.90 Å². The highest BCUT2D eigenvalue weighted by Gasteiger charge is 2.35. The second kappa shape index (κ2) is 6.98. The molecule has 0 N–H and O–H groups in total. The van der Waals surface area contributed by atoms with E-state index in [2.05, 4.69) is 0 Å². The van der Waals surface area contributed by atoms with Crippen molar-refractivity contribution in [2.24, 2.45) is 5.92 Å². The van der Waals surface area contributed by atoms with Gasteiger partial charge in [0.2, 0.25) is 0 Å². The van der Waals surface area contributed by atoms with Crippen LogP contribution in [0.3, 0.4) is 0 Å². The lowest BCUT2D eigenvalue weighted by molar-refractivity contribution is -0.385. The van der Waals surface area contributed by atoms with Crippen LogP contribution in [-0.2, 0) is 4.79 Å². The molecule has 0 spiro atoms. The first-order valence-electron chi connectivity index (χ1n) is 8.32. The number of hydrogen-bond acceptors (Lipinski definition) is 4. The van der Waals surface area contributed by atoms with E-state index in [0.29, 0.717) is 12.0 Å². The Morgan fingerprint density at radius 1 is 1.22 bits per heavy atom. The summed E-state index contributed by atoms with van der Waals surface area (Å²) in [6, 6.07) is 6.51. The maximum atomic E-state index is 12.5. The zero-order valence-corrected chi connectivity index (χ0v) is 13.1. The lowest BCUT2D eigenvalue weighted by Crippen LogP contribution is -2.51. The third-order valence-corrected chi connectivity index (χ3v) is 4.98. The van der Waals surface area contributed by atoms with Crippen LogP contribution in [0.1, 0.15) is 38.5 Å². The van der Waals surface area contributed by atoms with E-state index >= 15 is 0 Å². The van der Waals surface area contributed by atoms with E-state index in [4.69, 9.17) is 4.74 Å². The van der Waals surface area contributed by atoms with Crippen LogP contribution in [0.2, 0.25) is 0 Å². The Bertz CT molecular complexity index is 588. The molecule has 3 rings (SSSR count). The topological polar surface area (TPSA) is 72.7 Å². The summed E-state index contributed by atoms with van der Waals surface area (Å²) >= 11 is 0. The van der Waals surface area contributed by atoms with Gasteiger partial charge in [-0.3, -0.25) is 14.9 Å². The molecule has 1 amide bonds. The van der Waals surface area contributed by atoms with Crippen LogP contribution in [0, 0.1) is 16.0 Å². The SMILES string of the molecule is O=C(COc1ccccc1[N+](=O)[O-])N1CCCC2CCCCC21. The monoisotopic (exact) mass is 318 g/mol. The predicted octanol–water partition coefficient (Wildman–Crippen LogP) is 3.15. The largest absolute Gasteiger partial charge is 0.477 e. The van der Waals surface area contributed by atoms with Gasteiger partial charge in [0.25, 0.3) is 5.91 Å². The molecule has 1 aliphatic heterocycles. The van der Waals surface area contributed by atoms with E-state index in [0.717, 1.165) is 19.4 Å². The number of hydrogen-bond donors (Lipinski definition) is 0. The molecule has 1 aliphatic carbocycles. The second-order valence-electron chi connectivity index (χ2n) is 6.35. The van der Waals surface area contributed by atoms with Gasteiger partial charge in [0.1, 0.15) is 0 Å². The van der Waals surface area contributed by atoms with Gasteiger partial charge in [-0.2, -0.15) is 0 Å². The third-order valence-electron chi connectivity index (χ3n) is 4.98. The highest BCUT2D eigenvalue weighted by Crippen LogP contribution is 2.35. The van der Waals surface area contributed by atoms with E-state index < -0.39 is 4.92 Å². The van der Waals surface area contributed by atoms with Gasteiger partial charge in [-0.15, -0.1) is 0 Å². The summed E-state index contributed by atoms with van der Waals surface area (Å²) in [5, 5.41) is 11.0. The number of carbonyl (C=O) groups excluding carboxylic acids is 1. The predicted molar refractivity (Wildman–Crippen MR) is 85.3 cm³/mol. The number of para-hydroxylation sites is 2. The number of piperidine rings is 1. The highest BCUT2D eigenvalue weighted by molar-refractivity contribution is 5.78. The number of rotatable bonds is 4. The summed E-state index contributed by atoms with van der Waals surface area (Å²) in [6.45, 7) is 0.647. The van der Waals surface area contributed by atoms with Gasteiger partial charge in [-0.05, 0) is 37.7 Å². The number of nitro benzene ring substituents is 1. The summed E-state index contributed by atoms with van der Waals surface area (Å²) < 4.78 is 5.46. The van der Waals surface area contributed by atoms with E-state index in [9.17, 15) is 14.9 Å². The van der Waals surface area contributed by atoms with Crippen LogP contribution in [0.4, 0.5) is 5.69 Å². The molecule has 0 aromatic heterocycles. The number of nitrogens with zero attached hydrogens (tertiary/aromatic N) is 2. The van der Waals surface area contributed by atoms with Crippen LogP contribution in [0.5, 0.6) is 5.75 Å². The molecule has 0 radical (unpaired) electrons. The van der Waals surface area contributed by atoms with Crippen LogP contribution in [-0.4, -0.2) is 34.9 Å². The Hall–Kier alpha value is -2.11. The zero-order valence-electron chi connectivity index (χ0n) is 13.1. The molecule has 1 saturated heterocycles. The van der Waals surface area contributed by atoms with Crippen molar-refractivity contribution in [3.8, 4) is 5.75 Å². The van der Waals surface area contributed by atoms with Gasteiger partial charge in [0.05, 0.1) is 4.92 Å². The summed E-state index contributed by atoms with van der Waals surface area (Å²) in [5.74, 6) is 0.718. The Balaban J connectivity index is 1.64. The molecule has 124 valence electrons. The van der Waals surface area contributed by atoms with Gasteiger partial charge in [-0.25, -0.2) is 0 Å². The first-order valence-corrected chi connectivity index (χ1v) is 8.32. The van der Waals surface area contributed by atoms with Gasteiger partial charge >= 0.3 is 5.69 Å². The molecular weight excluding hydrogens is 296 g/mol. The number of benzene rings is 1. The molecule has 6 nitrogen and oxygen atoms in total. The minimum absolute atomic E-state index is 0.0558. The molecule has 2 fully saturated rings. The molecule has 2 aliphatic rings. The third kappa shape index (κ3) is 3.46. The molecule has 6 heteroatoms. The van der Waals surface area contributed by atoms with Crippen LogP contribution >= 0.6 is 0 Å². The first-order chi connectivity index (χ1) is 11.2. The quantitative estimate of drug-likeness (QED) is 0.631. The zero-order chi connectivity index (χ0) is 16.2. The molecule has 0 bridgehead atoms. The summed E-state index contributed by atoms with van der Waals surface area (Å²) in [7, 11) is 0. The van der Waals surface area contributed by atoms with E-state index in [1.165, 1.54) is 37.8 Å². The van der Waals surface area contributed by atoms with Gasteiger partial charge in [0.15, 0.2) is 12.4 Å². The van der Waals surface area contributed by atoms with Crippen LogP contribution < -0.4 is 4.74 Å². The smallest absolute Gasteiger partial charge is 0.310 e. The maximum absolute atomic E-state index is 12.5. The molecule has 1 heterocycles. The summed E-state index contributed by atoms with van der Waals surface area (Å²) in [5.41, 5.74) is -0.102. The molecule has 1 aromatic rings. The Kier molecular flexibility index (Phi) is 4.79. The van der Waals surface area contributed by atoms with Gasteiger partial charge < -0.3 is 9.64 Å². The molecular formula is C17H22N2O4.